The molecule has 16 nitrogen and oxygen atoms in total. The van der Waals surface area contributed by atoms with Crippen molar-refractivity contribution >= 4 is 40.9 Å². The number of piperidine rings is 1. The number of esters is 3. The summed E-state index contributed by atoms with van der Waals surface area (Å²) in [6.07, 6.45) is 0.702. The number of anilines is 1. The van der Waals surface area contributed by atoms with Gasteiger partial charge in [0.15, 0.2) is 41.2 Å². The second kappa shape index (κ2) is 18.6. The lowest BCUT2D eigenvalue weighted by molar-refractivity contribution is -0.166. The van der Waals surface area contributed by atoms with Crippen molar-refractivity contribution in [3.8, 4) is 0 Å². The minimum absolute atomic E-state index is 0.0177. The molecule has 16 heteroatoms. The fourth-order valence-corrected chi connectivity index (χ4v) is 7.00. The summed E-state index contributed by atoms with van der Waals surface area (Å²) in [4.78, 5) is 65.8. The van der Waals surface area contributed by atoms with Crippen LogP contribution in [0.3, 0.4) is 0 Å². The Hall–Kier alpha value is -5.61. The molecule has 0 bridgehead atoms. The van der Waals surface area contributed by atoms with E-state index in [1.54, 1.807) is 4.57 Å². The average Bonchev–Trinajstić information content (AvgIpc) is 3.74. The summed E-state index contributed by atoms with van der Waals surface area (Å²) in [5.74, 6) is -1.23. The lowest BCUT2D eigenvalue weighted by Gasteiger charge is -2.26. The highest BCUT2D eigenvalue weighted by Crippen LogP contribution is 2.37. The largest absolute Gasteiger partial charge is 0.463 e. The summed E-state index contributed by atoms with van der Waals surface area (Å²) in [6, 6.07) is 19.9. The molecular weight excluding hydrogens is 708 g/mol. The van der Waals surface area contributed by atoms with Gasteiger partial charge in [0.1, 0.15) is 12.7 Å². The summed E-state index contributed by atoms with van der Waals surface area (Å²) in [6.45, 7) is 7.19. The Morgan fingerprint density at radius 1 is 0.836 bits per heavy atom. The molecule has 2 amide bonds. The van der Waals surface area contributed by atoms with Crippen LogP contribution in [0, 0.1) is 0 Å². The third kappa shape index (κ3) is 10.3. The number of ether oxygens (including phenoxy) is 4. The zero-order chi connectivity index (χ0) is 38.7. The van der Waals surface area contributed by atoms with Crippen molar-refractivity contribution in [3.63, 3.8) is 0 Å². The summed E-state index contributed by atoms with van der Waals surface area (Å²) in [7, 11) is 0. The summed E-state index contributed by atoms with van der Waals surface area (Å²) >= 11 is 0. The van der Waals surface area contributed by atoms with Crippen LogP contribution < -0.4 is 16.0 Å². The van der Waals surface area contributed by atoms with Crippen molar-refractivity contribution in [3.05, 3.63) is 83.9 Å². The zero-order valence-corrected chi connectivity index (χ0v) is 31.3. The van der Waals surface area contributed by atoms with E-state index in [4.69, 9.17) is 28.9 Å². The van der Waals surface area contributed by atoms with Crippen molar-refractivity contribution < 1.29 is 38.1 Å². The van der Waals surface area contributed by atoms with Gasteiger partial charge in [0.05, 0.1) is 12.9 Å². The second-order valence-corrected chi connectivity index (χ2v) is 13.6. The molecule has 2 aromatic heterocycles. The molecule has 4 aromatic rings. The van der Waals surface area contributed by atoms with Crippen LogP contribution in [0.1, 0.15) is 69.1 Å². The number of carbonyl (C=O) groups is 4. The van der Waals surface area contributed by atoms with E-state index in [9.17, 15) is 19.2 Å². The number of fused-ring (bicyclic) bond motifs is 1. The smallest absolute Gasteiger partial charge is 0.315 e. The van der Waals surface area contributed by atoms with Crippen molar-refractivity contribution in [2.75, 3.05) is 44.6 Å². The topological polar surface area (TPSA) is 188 Å². The molecule has 6 rings (SSSR count). The third-order valence-electron chi connectivity index (χ3n) is 9.53. The van der Waals surface area contributed by atoms with E-state index in [-0.39, 0.29) is 30.9 Å². The molecule has 2 saturated heterocycles. The maximum absolute atomic E-state index is 12.9. The van der Waals surface area contributed by atoms with E-state index < -0.39 is 42.4 Å². The van der Waals surface area contributed by atoms with Crippen LogP contribution in [0.4, 0.5) is 10.6 Å². The molecule has 0 spiro atoms. The van der Waals surface area contributed by atoms with Crippen LogP contribution in [-0.4, -0.2) is 106 Å². The molecule has 55 heavy (non-hydrogen) atoms. The van der Waals surface area contributed by atoms with Gasteiger partial charge < -0.3 is 39.8 Å². The fraction of sp³-hybridized carbons (Fsp3) is 0.462. The predicted molar refractivity (Wildman–Crippen MR) is 201 cm³/mol. The summed E-state index contributed by atoms with van der Waals surface area (Å²) in [5, 5.41) is 9.28. The average molecular weight is 757 g/mol. The van der Waals surface area contributed by atoms with Gasteiger partial charge in [-0.15, -0.1) is 0 Å². The van der Waals surface area contributed by atoms with E-state index >= 15 is 0 Å². The Balaban J connectivity index is 1.31. The Morgan fingerprint density at radius 3 is 2.13 bits per heavy atom. The highest BCUT2D eigenvalue weighted by molar-refractivity contribution is 5.83. The van der Waals surface area contributed by atoms with Gasteiger partial charge >= 0.3 is 23.9 Å². The Labute approximate surface area is 319 Å². The molecule has 2 aromatic carbocycles. The Kier molecular flexibility index (Phi) is 13.2. The number of aromatic nitrogens is 4. The molecule has 2 fully saturated rings. The highest BCUT2D eigenvalue weighted by Gasteiger charge is 2.51. The van der Waals surface area contributed by atoms with Gasteiger partial charge in [0.25, 0.3) is 0 Å². The Morgan fingerprint density at radius 2 is 1.49 bits per heavy atom. The first kappa shape index (κ1) is 39.1. The van der Waals surface area contributed by atoms with Gasteiger partial charge in [-0.3, -0.25) is 19.0 Å². The first-order valence-electron chi connectivity index (χ1n) is 18.6. The number of rotatable bonds is 15. The van der Waals surface area contributed by atoms with E-state index in [0.717, 1.165) is 30.8 Å². The maximum Gasteiger partial charge on any atom is 0.315 e. The van der Waals surface area contributed by atoms with Gasteiger partial charge in [0.2, 0.25) is 0 Å². The molecule has 4 atom stereocenters. The molecule has 2 aliphatic rings. The number of hydrogen-bond acceptors (Lipinski definition) is 13. The molecule has 0 saturated carbocycles. The van der Waals surface area contributed by atoms with Crippen molar-refractivity contribution in [2.24, 2.45) is 0 Å². The van der Waals surface area contributed by atoms with Crippen molar-refractivity contribution in [1.29, 1.82) is 0 Å². The molecule has 0 unspecified atom stereocenters. The van der Waals surface area contributed by atoms with Gasteiger partial charge in [-0.25, -0.2) is 19.7 Å². The van der Waals surface area contributed by atoms with Gasteiger partial charge in [-0.2, -0.15) is 0 Å². The molecule has 2 aliphatic heterocycles. The number of imidazole rings is 1. The second-order valence-electron chi connectivity index (χ2n) is 13.6. The molecule has 0 radical (unpaired) electrons. The molecule has 4 heterocycles. The van der Waals surface area contributed by atoms with E-state index in [2.05, 4.69) is 50.1 Å². The van der Waals surface area contributed by atoms with E-state index in [1.165, 1.54) is 46.4 Å². The minimum Gasteiger partial charge on any atom is -0.463 e. The van der Waals surface area contributed by atoms with Gasteiger partial charge in [-0.1, -0.05) is 67.1 Å². The lowest BCUT2D eigenvalue weighted by Crippen LogP contribution is -2.41. The number of hydrogen-bond donors (Lipinski definition) is 3. The van der Waals surface area contributed by atoms with Crippen LogP contribution in [0.15, 0.2) is 67.0 Å². The third-order valence-corrected chi connectivity index (χ3v) is 9.53. The fourth-order valence-electron chi connectivity index (χ4n) is 7.00. The zero-order valence-electron chi connectivity index (χ0n) is 31.3. The highest BCUT2D eigenvalue weighted by atomic mass is 16.7. The number of urea groups is 1. The number of benzene rings is 2. The maximum atomic E-state index is 12.9. The van der Waals surface area contributed by atoms with Crippen LogP contribution in [0.25, 0.3) is 11.2 Å². The monoisotopic (exact) mass is 756 g/mol. The molecular formula is C39H48N8O8. The molecule has 0 aliphatic carbocycles. The van der Waals surface area contributed by atoms with Crippen LogP contribution in [-0.2, 0) is 39.9 Å². The number of amides is 2. The van der Waals surface area contributed by atoms with Gasteiger partial charge in [0, 0.05) is 46.3 Å². The van der Waals surface area contributed by atoms with Crippen LogP contribution in [0.2, 0.25) is 0 Å². The number of nitrogens with zero attached hydrogens (tertiary/aromatic N) is 5. The lowest BCUT2D eigenvalue weighted by atomic mass is 9.91. The first-order chi connectivity index (χ1) is 26.7. The van der Waals surface area contributed by atoms with Crippen molar-refractivity contribution in [1.82, 2.24) is 35.1 Å². The number of nitrogens with one attached hydrogen (secondary N) is 3. The summed E-state index contributed by atoms with van der Waals surface area (Å²) in [5.41, 5.74) is 2.87. The Bertz CT molecular complexity index is 1880. The van der Waals surface area contributed by atoms with Crippen LogP contribution >= 0.6 is 0 Å². The summed E-state index contributed by atoms with van der Waals surface area (Å²) < 4.78 is 24.3. The van der Waals surface area contributed by atoms with Gasteiger partial charge in [-0.05, 0) is 37.1 Å². The molecule has 3 N–H and O–H groups in total. The predicted octanol–water partition coefficient (Wildman–Crippen LogP) is 3.68. The van der Waals surface area contributed by atoms with Crippen molar-refractivity contribution in [2.45, 2.75) is 77.0 Å². The minimum atomic E-state index is -1.15. The van der Waals surface area contributed by atoms with E-state index in [0.29, 0.717) is 30.1 Å². The molecule has 292 valence electrons. The van der Waals surface area contributed by atoms with Crippen LogP contribution in [0.5, 0.6) is 0 Å². The number of carbonyl (C=O) groups excluding carboxylic acids is 4. The SMILES string of the molecule is CC(=O)OC[C@H]1O[C@@H](n2cnc3c(NCC(c4ccccc4)c4ccccc4)nc(CNC(=O)NCCN4CCCCC4)nc32)[C@H](OC(C)=O)[C@@H]1OC(C)=O. The van der Waals surface area contributed by atoms with E-state index in [1.807, 2.05) is 36.4 Å². The standard InChI is InChI=1S/C39H48N8O8/c1-25(48)52-23-31-34(53-26(2)49)35(54-27(3)50)38(55-31)47-24-43-33-36(41-21-30(28-13-7-4-8-14-28)29-15-9-5-10-16-29)44-32(45-37(33)47)22-42-39(51)40-17-20-46-18-11-6-12-19-46/h4-5,7-10,13-16,24,30-31,34-35,38H,6,11-12,17-23H2,1-3H3,(H2,40,42,51)(H,41,44,45)/t31-,34-,35-,38-/m1/s1. The quantitative estimate of drug-likeness (QED) is 0.118. The normalized spacial score (nSPS) is 19.9. The number of likely N-dealkylation sites (tertiary alicyclic amines) is 1. The first-order valence-corrected chi connectivity index (χ1v) is 18.6.